The smallest absolute Gasteiger partial charge is 0.263 e. The third-order valence-electron chi connectivity index (χ3n) is 6.43. The second-order valence-electron chi connectivity index (χ2n) is 8.40. The van der Waals surface area contributed by atoms with Crippen LogP contribution in [0.3, 0.4) is 0 Å². The predicted molar refractivity (Wildman–Crippen MR) is 131 cm³/mol. The number of rotatable bonds is 4. The number of aromatic nitrogens is 3. The van der Waals surface area contributed by atoms with Crippen molar-refractivity contribution in [3.05, 3.63) is 107 Å². The number of aromatic amines is 1. The molecule has 3 aromatic heterocycles. The Balaban J connectivity index is 1.37. The fourth-order valence-electron chi connectivity index (χ4n) is 4.77. The van der Waals surface area contributed by atoms with E-state index in [1.807, 2.05) is 40.6 Å². The number of nitrogens with zero attached hydrogens (tertiary/aromatic N) is 3. The van der Waals surface area contributed by atoms with Crippen LogP contribution >= 0.6 is 11.3 Å². The fourth-order valence-corrected chi connectivity index (χ4v) is 5.46. The van der Waals surface area contributed by atoms with Crippen molar-refractivity contribution in [3.63, 3.8) is 0 Å². The first-order valence-electron chi connectivity index (χ1n) is 11.0. The second-order valence-corrected chi connectivity index (χ2v) is 9.35. The maximum absolute atomic E-state index is 13.1. The Kier molecular flexibility index (Phi) is 5.00. The summed E-state index contributed by atoms with van der Waals surface area (Å²) in [5.41, 5.74) is 5.44. The highest BCUT2D eigenvalue weighted by molar-refractivity contribution is 7.12. The number of imidazole rings is 1. The van der Waals surface area contributed by atoms with Gasteiger partial charge >= 0.3 is 0 Å². The Morgan fingerprint density at radius 1 is 0.909 bits per heavy atom. The summed E-state index contributed by atoms with van der Waals surface area (Å²) in [6.07, 6.45) is 3.61. The zero-order valence-corrected chi connectivity index (χ0v) is 18.7. The molecule has 0 radical (unpaired) electrons. The van der Waals surface area contributed by atoms with Gasteiger partial charge in [0, 0.05) is 37.3 Å². The number of amides is 1. The molecule has 2 atom stereocenters. The molecule has 1 aliphatic rings. The molecule has 1 fully saturated rings. The van der Waals surface area contributed by atoms with Crippen molar-refractivity contribution in [2.24, 2.45) is 0 Å². The summed E-state index contributed by atoms with van der Waals surface area (Å²) >= 11 is 1.50. The quantitative estimate of drug-likeness (QED) is 0.381. The van der Waals surface area contributed by atoms with Gasteiger partial charge < -0.3 is 9.88 Å². The minimum absolute atomic E-state index is 0.101. The zero-order chi connectivity index (χ0) is 22.2. The lowest BCUT2D eigenvalue weighted by atomic mass is 9.88. The van der Waals surface area contributed by atoms with Crippen LogP contribution in [0.2, 0.25) is 0 Å². The van der Waals surface area contributed by atoms with Crippen LogP contribution in [-0.2, 0) is 0 Å². The molecular formula is C27H22N4OS. The lowest BCUT2D eigenvalue weighted by Gasteiger charge is -2.16. The molecule has 5 aromatic rings. The monoisotopic (exact) mass is 450 g/mol. The molecule has 6 rings (SSSR count). The van der Waals surface area contributed by atoms with E-state index < -0.39 is 0 Å². The number of pyridine rings is 1. The summed E-state index contributed by atoms with van der Waals surface area (Å²) < 4.78 is 0. The number of H-pyrrole nitrogens is 1. The van der Waals surface area contributed by atoms with Crippen LogP contribution in [0.15, 0.2) is 90.6 Å². The van der Waals surface area contributed by atoms with E-state index in [1.54, 1.807) is 12.4 Å². The van der Waals surface area contributed by atoms with Gasteiger partial charge in [-0.1, -0.05) is 42.5 Å². The Morgan fingerprint density at radius 3 is 2.52 bits per heavy atom. The highest BCUT2D eigenvalue weighted by Crippen LogP contribution is 2.40. The average Bonchev–Trinajstić information content (AvgIpc) is 3.63. The number of likely N-dealkylation sites (tertiary alicyclic amines) is 1. The van der Waals surface area contributed by atoms with Crippen molar-refractivity contribution in [2.45, 2.75) is 11.8 Å². The average molecular weight is 451 g/mol. The summed E-state index contributed by atoms with van der Waals surface area (Å²) in [5.74, 6) is 1.33. The van der Waals surface area contributed by atoms with Crippen LogP contribution in [0.5, 0.6) is 0 Å². The van der Waals surface area contributed by atoms with E-state index in [9.17, 15) is 4.79 Å². The second kappa shape index (κ2) is 8.30. The Hall–Kier alpha value is -3.77. The van der Waals surface area contributed by atoms with Crippen LogP contribution in [-0.4, -0.2) is 38.8 Å². The van der Waals surface area contributed by atoms with Crippen molar-refractivity contribution in [1.29, 1.82) is 0 Å². The number of hydrogen-bond donors (Lipinski definition) is 1. The van der Waals surface area contributed by atoms with Gasteiger partial charge in [-0.15, -0.1) is 11.3 Å². The molecule has 6 heteroatoms. The number of benzene rings is 2. The Morgan fingerprint density at radius 2 is 1.73 bits per heavy atom. The standard InChI is InChI=1S/C27H22N4OS/c32-27(25-7-4-14-33-25)31-16-21(19-5-2-1-3-6-19)22(17-31)26-29-23-9-8-20(15-24(23)30-26)18-10-12-28-13-11-18/h1-15,21-22H,16-17H2,(H,29,30)/t21-,22+/m1/s1. The minimum Gasteiger partial charge on any atom is -0.342 e. The van der Waals surface area contributed by atoms with E-state index in [4.69, 9.17) is 4.98 Å². The molecule has 0 saturated carbocycles. The van der Waals surface area contributed by atoms with E-state index in [0.717, 1.165) is 32.9 Å². The fraction of sp³-hybridized carbons (Fsp3) is 0.148. The maximum Gasteiger partial charge on any atom is 0.263 e. The number of hydrogen-bond acceptors (Lipinski definition) is 4. The van der Waals surface area contributed by atoms with E-state index in [1.165, 1.54) is 16.9 Å². The van der Waals surface area contributed by atoms with Crippen molar-refractivity contribution < 1.29 is 4.79 Å². The number of carbonyl (C=O) groups excluding carboxylic acids is 1. The zero-order valence-electron chi connectivity index (χ0n) is 17.9. The summed E-state index contributed by atoms with van der Waals surface area (Å²) in [6.45, 7) is 1.33. The molecule has 0 aliphatic carbocycles. The number of nitrogens with one attached hydrogen (secondary N) is 1. The molecule has 1 saturated heterocycles. The van der Waals surface area contributed by atoms with Gasteiger partial charge in [0.1, 0.15) is 5.82 Å². The van der Waals surface area contributed by atoms with Gasteiger partial charge in [0.05, 0.1) is 15.9 Å². The van der Waals surface area contributed by atoms with Crippen molar-refractivity contribution >= 4 is 28.3 Å². The first kappa shape index (κ1) is 19.9. The van der Waals surface area contributed by atoms with Crippen molar-refractivity contribution in [1.82, 2.24) is 19.9 Å². The molecule has 0 spiro atoms. The SMILES string of the molecule is O=C(c1cccs1)N1C[C@H](c2ccccc2)[C@@H](c2nc3ccc(-c4ccncc4)cc3[nH]2)C1. The van der Waals surface area contributed by atoms with Crippen LogP contribution < -0.4 is 0 Å². The molecule has 0 bridgehead atoms. The third-order valence-corrected chi connectivity index (χ3v) is 7.29. The Labute approximate surface area is 195 Å². The van der Waals surface area contributed by atoms with Crippen LogP contribution in [0.1, 0.15) is 32.9 Å². The molecule has 162 valence electrons. The lowest BCUT2D eigenvalue weighted by Crippen LogP contribution is -2.28. The van der Waals surface area contributed by atoms with Gasteiger partial charge in [-0.3, -0.25) is 9.78 Å². The normalized spacial score (nSPS) is 18.1. The summed E-state index contributed by atoms with van der Waals surface area (Å²) in [7, 11) is 0. The predicted octanol–water partition coefficient (Wildman–Crippen LogP) is 5.71. The molecule has 2 aromatic carbocycles. The van der Waals surface area contributed by atoms with Crippen LogP contribution in [0.25, 0.3) is 22.2 Å². The lowest BCUT2D eigenvalue weighted by molar-refractivity contribution is 0.0793. The highest BCUT2D eigenvalue weighted by Gasteiger charge is 2.39. The first-order valence-corrected chi connectivity index (χ1v) is 11.9. The third kappa shape index (κ3) is 3.72. The molecule has 1 amide bonds. The highest BCUT2D eigenvalue weighted by atomic mass is 32.1. The van der Waals surface area contributed by atoms with Crippen LogP contribution in [0.4, 0.5) is 0 Å². The number of carbonyl (C=O) groups is 1. The topological polar surface area (TPSA) is 61.9 Å². The summed E-state index contributed by atoms with van der Waals surface area (Å²) in [5, 5.41) is 1.95. The molecule has 5 nitrogen and oxygen atoms in total. The Bertz CT molecular complexity index is 1400. The van der Waals surface area contributed by atoms with E-state index in [-0.39, 0.29) is 17.7 Å². The van der Waals surface area contributed by atoms with Crippen LogP contribution in [0, 0.1) is 0 Å². The van der Waals surface area contributed by atoms with Gasteiger partial charge in [-0.2, -0.15) is 0 Å². The van der Waals surface area contributed by atoms with E-state index >= 15 is 0 Å². The van der Waals surface area contributed by atoms with Gasteiger partial charge in [-0.05, 0) is 52.4 Å². The number of fused-ring (bicyclic) bond motifs is 1. The first-order chi connectivity index (χ1) is 16.3. The van der Waals surface area contributed by atoms with Crippen molar-refractivity contribution in [3.8, 4) is 11.1 Å². The molecule has 1 aliphatic heterocycles. The molecule has 33 heavy (non-hydrogen) atoms. The van der Waals surface area contributed by atoms with Gasteiger partial charge in [0.25, 0.3) is 5.91 Å². The number of thiophene rings is 1. The van der Waals surface area contributed by atoms with Gasteiger partial charge in [0.2, 0.25) is 0 Å². The molecule has 1 N–H and O–H groups in total. The van der Waals surface area contributed by atoms with E-state index in [0.29, 0.717) is 13.1 Å². The van der Waals surface area contributed by atoms with Gasteiger partial charge in [-0.25, -0.2) is 4.98 Å². The van der Waals surface area contributed by atoms with Gasteiger partial charge in [0.15, 0.2) is 0 Å². The summed E-state index contributed by atoms with van der Waals surface area (Å²) in [6, 6.07) is 24.6. The largest absolute Gasteiger partial charge is 0.342 e. The maximum atomic E-state index is 13.1. The minimum atomic E-state index is 0.101. The molecular weight excluding hydrogens is 428 g/mol. The summed E-state index contributed by atoms with van der Waals surface area (Å²) in [4.78, 5) is 28.6. The molecule has 4 heterocycles. The van der Waals surface area contributed by atoms with Crippen molar-refractivity contribution in [2.75, 3.05) is 13.1 Å². The van der Waals surface area contributed by atoms with E-state index in [2.05, 4.69) is 52.4 Å². The molecule has 0 unspecified atom stereocenters.